The van der Waals surface area contributed by atoms with E-state index in [4.69, 9.17) is 0 Å². The van der Waals surface area contributed by atoms with E-state index in [0.29, 0.717) is 17.6 Å². The number of thiophene rings is 1. The third kappa shape index (κ3) is 2.37. The molecule has 1 saturated carbocycles. The van der Waals surface area contributed by atoms with Crippen LogP contribution in [0, 0.1) is 24.7 Å². The summed E-state index contributed by atoms with van der Waals surface area (Å²) < 4.78 is 0. The Bertz CT molecular complexity index is 370. The van der Waals surface area contributed by atoms with E-state index >= 15 is 0 Å². The van der Waals surface area contributed by atoms with Gasteiger partial charge in [-0.3, -0.25) is 4.79 Å². The molecule has 1 aliphatic carbocycles. The topological polar surface area (TPSA) is 17.1 Å². The average Bonchev–Trinajstić information content (AvgIpc) is 2.62. The van der Waals surface area contributed by atoms with E-state index in [0.717, 1.165) is 24.0 Å². The van der Waals surface area contributed by atoms with E-state index in [2.05, 4.69) is 19.2 Å². The van der Waals surface area contributed by atoms with Crippen LogP contribution >= 0.6 is 11.3 Å². The monoisotopic (exact) mass is 236 g/mol. The Labute approximate surface area is 102 Å². The molecule has 1 fully saturated rings. The van der Waals surface area contributed by atoms with E-state index in [9.17, 15) is 4.79 Å². The number of aryl methyl sites for hydroxylation is 1. The predicted molar refractivity (Wildman–Crippen MR) is 69.1 cm³/mol. The summed E-state index contributed by atoms with van der Waals surface area (Å²) in [5.74, 6) is 2.07. The summed E-state index contributed by atoms with van der Waals surface area (Å²) >= 11 is 1.64. The molecule has 0 radical (unpaired) electrons. The molecular formula is C14H20OS. The molecule has 2 heteroatoms. The summed E-state index contributed by atoms with van der Waals surface area (Å²) in [4.78, 5) is 12.4. The lowest BCUT2D eigenvalue weighted by atomic mass is 9.74. The van der Waals surface area contributed by atoms with E-state index in [1.807, 2.05) is 12.3 Å². The van der Waals surface area contributed by atoms with Gasteiger partial charge in [0, 0.05) is 16.9 Å². The van der Waals surface area contributed by atoms with Crippen molar-refractivity contribution in [2.75, 3.05) is 0 Å². The highest BCUT2D eigenvalue weighted by Crippen LogP contribution is 2.35. The van der Waals surface area contributed by atoms with Gasteiger partial charge in [0.05, 0.1) is 0 Å². The maximum atomic E-state index is 12.4. The van der Waals surface area contributed by atoms with Crippen molar-refractivity contribution >= 4 is 17.1 Å². The van der Waals surface area contributed by atoms with Gasteiger partial charge in [-0.05, 0) is 49.0 Å². The summed E-state index contributed by atoms with van der Waals surface area (Å²) in [6, 6.07) is 0. The number of ketones is 1. The van der Waals surface area contributed by atoms with Crippen LogP contribution in [0.15, 0.2) is 10.8 Å². The molecule has 1 aliphatic rings. The Morgan fingerprint density at radius 2 is 1.81 bits per heavy atom. The minimum absolute atomic E-state index is 0.270. The first-order chi connectivity index (χ1) is 7.58. The van der Waals surface area contributed by atoms with Crippen LogP contribution in [-0.4, -0.2) is 5.78 Å². The zero-order valence-corrected chi connectivity index (χ0v) is 11.1. The van der Waals surface area contributed by atoms with Gasteiger partial charge in [-0.2, -0.15) is 11.3 Å². The van der Waals surface area contributed by atoms with Crippen molar-refractivity contribution in [2.45, 2.75) is 40.0 Å². The second-order valence-electron chi connectivity index (χ2n) is 5.45. The van der Waals surface area contributed by atoms with E-state index in [-0.39, 0.29) is 5.92 Å². The molecule has 0 N–H and O–H groups in total. The van der Waals surface area contributed by atoms with Gasteiger partial charge < -0.3 is 0 Å². The molecule has 2 unspecified atom stereocenters. The summed E-state index contributed by atoms with van der Waals surface area (Å²) in [5.41, 5.74) is 2.12. The van der Waals surface area contributed by atoms with Gasteiger partial charge in [-0.15, -0.1) is 0 Å². The lowest BCUT2D eigenvalue weighted by molar-refractivity contribution is 0.0836. The fourth-order valence-corrected chi connectivity index (χ4v) is 3.83. The Hall–Kier alpha value is -0.630. The second kappa shape index (κ2) is 4.70. The number of rotatable bonds is 2. The zero-order valence-electron chi connectivity index (χ0n) is 10.3. The summed E-state index contributed by atoms with van der Waals surface area (Å²) in [6.07, 6.45) is 3.45. The number of hydrogen-bond donors (Lipinski definition) is 0. The Morgan fingerprint density at radius 1 is 1.19 bits per heavy atom. The number of Topliss-reactive ketones (excluding diaryl/α,β-unsaturated/α-hetero) is 1. The zero-order chi connectivity index (χ0) is 11.7. The molecule has 0 spiro atoms. The first-order valence-corrected chi connectivity index (χ1v) is 7.09. The fraction of sp³-hybridized carbons (Fsp3) is 0.643. The van der Waals surface area contributed by atoms with Crippen molar-refractivity contribution in [3.05, 3.63) is 21.9 Å². The standard InChI is InChI=1S/C14H20OS/c1-9-4-10(2)6-12(5-9)14(15)13-8-16-7-11(13)3/h7-10,12H,4-6H2,1-3H3. The smallest absolute Gasteiger partial charge is 0.167 e. The highest BCUT2D eigenvalue weighted by atomic mass is 32.1. The first kappa shape index (κ1) is 11.8. The van der Waals surface area contributed by atoms with E-state index in [1.165, 1.54) is 6.42 Å². The summed E-state index contributed by atoms with van der Waals surface area (Å²) in [5, 5.41) is 4.09. The van der Waals surface area contributed by atoms with Crippen LogP contribution in [0.2, 0.25) is 0 Å². The molecule has 0 aliphatic heterocycles. The van der Waals surface area contributed by atoms with Gasteiger partial charge in [0.25, 0.3) is 0 Å². The average molecular weight is 236 g/mol. The van der Waals surface area contributed by atoms with Crippen LogP contribution in [0.1, 0.15) is 49.0 Å². The van der Waals surface area contributed by atoms with Crippen molar-refractivity contribution in [2.24, 2.45) is 17.8 Å². The lowest BCUT2D eigenvalue weighted by Crippen LogP contribution is -2.26. The summed E-state index contributed by atoms with van der Waals surface area (Å²) in [6.45, 7) is 6.59. The quantitative estimate of drug-likeness (QED) is 0.699. The van der Waals surface area contributed by atoms with E-state index in [1.54, 1.807) is 11.3 Å². The van der Waals surface area contributed by atoms with Gasteiger partial charge in [-0.25, -0.2) is 0 Å². The SMILES string of the molecule is Cc1cscc1C(=O)C1CC(C)CC(C)C1. The van der Waals surface area contributed by atoms with Crippen LogP contribution < -0.4 is 0 Å². The molecule has 0 saturated heterocycles. The van der Waals surface area contributed by atoms with Gasteiger partial charge in [0.1, 0.15) is 0 Å². The van der Waals surface area contributed by atoms with Gasteiger partial charge in [-0.1, -0.05) is 13.8 Å². The van der Waals surface area contributed by atoms with E-state index < -0.39 is 0 Å². The van der Waals surface area contributed by atoms with Crippen LogP contribution in [0.3, 0.4) is 0 Å². The highest BCUT2D eigenvalue weighted by Gasteiger charge is 2.30. The summed E-state index contributed by atoms with van der Waals surface area (Å²) in [7, 11) is 0. The maximum absolute atomic E-state index is 12.4. The molecule has 2 rings (SSSR count). The highest BCUT2D eigenvalue weighted by molar-refractivity contribution is 7.08. The third-order valence-corrected chi connectivity index (χ3v) is 4.53. The molecule has 0 bridgehead atoms. The van der Waals surface area contributed by atoms with Crippen LogP contribution in [0.4, 0.5) is 0 Å². The maximum Gasteiger partial charge on any atom is 0.167 e. The molecule has 1 nitrogen and oxygen atoms in total. The fourth-order valence-electron chi connectivity index (χ4n) is 2.99. The van der Waals surface area contributed by atoms with Crippen molar-refractivity contribution in [1.29, 1.82) is 0 Å². The second-order valence-corrected chi connectivity index (χ2v) is 6.19. The molecule has 1 aromatic heterocycles. The van der Waals surface area contributed by atoms with Crippen LogP contribution in [0.5, 0.6) is 0 Å². The molecule has 2 atom stereocenters. The van der Waals surface area contributed by atoms with Crippen molar-refractivity contribution in [1.82, 2.24) is 0 Å². The first-order valence-electron chi connectivity index (χ1n) is 6.15. The normalized spacial score (nSPS) is 30.3. The molecule has 16 heavy (non-hydrogen) atoms. The van der Waals surface area contributed by atoms with Crippen LogP contribution in [0.25, 0.3) is 0 Å². The Morgan fingerprint density at radius 3 is 2.31 bits per heavy atom. The van der Waals surface area contributed by atoms with Gasteiger partial charge in [0.15, 0.2) is 5.78 Å². The lowest BCUT2D eigenvalue weighted by Gasteiger charge is -2.30. The largest absolute Gasteiger partial charge is 0.294 e. The molecule has 0 aromatic carbocycles. The van der Waals surface area contributed by atoms with Crippen molar-refractivity contribution in [3.63, 3.8) is 0 Å². The van der Waals surface area contributed by atoms with Crippen LogP contribution in [-0.2, 0) is 0 Å². The molecular weight excluding hydrogens is 216 g/mol. The third-order valence-electron chi connectivity index (χ3n) is 3.67. The molecule has 88 valence electrons. The molecule has 0 amide bonds. The Kier molecular flexibility index (Phi) is 3.48. The predicted octanol–water partition coefficient (Wildman–Crippen LogP) is 4.31. The minimum Gasteiger partial charge on any atom is -0.294 e. The Balaban J connectivity index is 2.13. The number of hydrogen-bond acceptors (Lipinski definition) is 2. The van der Waals surface area contributed by atoms with Crippen molar-refractivity contribution < 1.29 is 4.79 Å². The minimum atomic E-state index is 0.270. The number of carbonyl (C=O) groups excluding carboxylic acids is 1. The van der Waals surface area contributed by atoms with Gasteiger partial charge >= 0.3 is 0 Å². The molecule has 1 heterocycles. The van der Waals surface area contributed by atoms with Crippen molar-refractivity contribution in [3.8, 4) is 0 Å². The number of carbonyl (C=O) groups is 1. The van der Waals surface area contributed by atoms with Gasteiger partial charge in [0.2, 0.25) is 0 Å². The molecule has 1 aromatic rings.